The minimum absolute atomic E-state index is 0.152. The number of benzene rings is 1. The van der Waals surface area contributed by atoms with E-state index in [0.29, 0.717) is 11.0 Å². The summed E-state index contributed by atoms with van der Waals surface area (Å²) in [6.07, 6.45) is 1.42. The Kier molecular flexibility index (Phi) is 1.77. The number of imidazole rings is 1. The van der Waals surface area contributed by atoms with Crippen LogP contribution in [0.25, 0.3) is 11.0 Å². The zero-order valence-corrected chi connectivity index (χ0v) is 7.10. The number of rotatable bonds is 1. The van der Waals surface area contributed by atoms with Crippen molar-refractivity contribution in [3.8, 4) is 0 Å². The predicted octanol–water partition coefficient (Wildman–Crippen LogP) is 2.08. The maximum atomic E-state index is 13.1. The Bertz CT molecular complexity index is 480. The molecule has 1 aromatic carbocycles. The fraction of sp³-hybridized carbons (Fsp3) is 0. The van der Waals surface area contributed by atoms with Crippen LogP contribution in [0.4, 0.5) is 4.39 Å². The summed E-state index contributed by atoms with van der Waals surface area (Å²) >= 11 is 5.16. The van der Waals surface area contributed by atoms with Crippen LogP contribution in [0.15, 0.2) is 18.5 Å². The Balaban J connectivity index is 2.76. The van der Waals surface area contributed by atoms with Crippen molar-refractivity contribution in [3.63, 3.8) is 0 Å². The first-order chi connectivity index (χ1) is 6.18. The summed E-state index contributed by atoms with van der Waals surface area (Å²) < 4.78 is 13.1. The van der Waals surface area contributed by atoms with Gasteiger partial charge >= 0.3 is 0 Å². The van der Waals surface area contributed by atoms with Crippen molar-refractivity contribution in [3.05, 3.63) is 29.8 Å². The number of carbonyl (C=O) groups is 1. The van der Waals surface area contributed by atoms with Gasteiger partial charge in [0, 0.05) is 6.07 Å². The average molecular weight is 199 g/mol. The number of hydrogen-bond acceptors (Lipinski definition) is 2. The number of nitrogens with zero attached hydrogens (tertiary/aromatic N) is 1. The summed E-state index contributed by atoms with van der Waals surface area (Å²) in [5, 5.41) is -0.817. The van der Waals surface area contributed by atoms with E-state index >= 15 is 0 Å². The van der Waals surface area contributed by atoms with Gasteiger partial charge < -0.3 is 4.98 Å². The predicted molar refractivity (Wildman–Crippen MR) is 46.2 cm³/mol. The molecule has 0 spiro atoms. The molecular formula is C8H4ClFN2O. The minimum Gasteiger partial charge on any atom is -0.345 e. The van der Waals surface area contributed by atoms with Crippen LogP contribution in [0, 0.1) is 5.82 Å². The van der Waals surface area contributed by atoms with E-state index in [-0.39, 0.29) is 5.56 Å². The Morgan fingerprint density at radius 1 is 1.54 bits per heavy atom. The van der Waals surface area contributed by atoms with E-state index in [1.54, 1.807) is 0 Å². The molecule has 66 valence electrons. The summed E-state index contributed by atoms with van der Waals surface area (Å²) in [5.41, 5.74) is 0.908. The van der Waals surface area contributed by atoms with Gasteiger partial charge in [-0.25, -0.2) is 9.37 Å². The number of H-pyrrole nitrogens is 1. The molecule has 0 bridgehead atoms. The molecule has 0 fully saturated rings. The molecule has 1 heterocycles. The number of hydrogen-bond donors (Lipinski definition) is 1. The molecule has 0 radical (unpaired) electrons. The van der Waals surface area contributed by atoms with Gasteiger partial charge in [0.2, 0.25) is 0 Å². The zero-order chi connectivity index (χ0) is 9.42. The van der Waals surface area contributed by atoms with Crippen molar-refractivity contribution >= 4 is 27.9 Å². The third kappa shape index (κ3) is 1.29. The summed E-state index contributed by atoms with van der Waals surface area (Å²) in [7, 11) is 0. The van der Waals surface area contributed by atoms with Crippen LogP contribution < -0.4 is 0 Å². The van der Waals surface area contributed by atoms with Crippen LogP contribution in [-0.4, -0.2) is 15.2 Å². The summed E-state index contributed by atoms with van der Waals surface area (Å²) in [6.45, 7) is 0. The first-order valence-corrected chi connectivity index (χ1v) is 3.89. The molecule has 13 heavy (non-hydrogen) atoms. The second-order valence-electron chi connectivity index (χ2n) is 2.53. The normalized spacial score (nSPS) is 10.6. The van der Waals surface area contributed by atoms with Gasteiger partial charge in [-0.3, -0.25) is 4.79 Å². The van der Waals surface area contributed by atoms with Gasteiger partial charge in [0.15, 0.2) is 0 Å². The van der Waals surface area contributed by atoms with Gasteiger partial charge in [0.05, 0.1) is 22.9 Å². The highest BCUT2D eigenvalue weighted by Crippen LogP contribution is 2.17. The van der Waals surface area contributed by atoms with E-state index in [4.69, 9.17) is 11.6 Å². The van der Waals surface area contributed by atoms with Gasteiger partial charge in [-0.2, -0.15) is 0 Å². The van der Waals surface area contributed by atoms with Crippen molar-refractivity contribution in [2.75, 3.05) is 0 Å². The number of carbonyl (C=O) groups excluding carboxylic acids is 1. The van der Waals surface area contributed by atoms with Crippen LogP contribution in [0.5, 0.6) is 0 Å². The van der Waals surface area contributed by atoms with Crippen molar-refractivity contribution in [1.82, 2.24) is 9.97 Å². The molecule has 1 N–H and O–H groups in total. The van der Waals surface area contributed by atoms with Gasteiger partial charge in [0.1, 0.15) is 5.82 Å². The number of aromatic nitrogens is 2. The smallest absolute Gasteiger partial charge is 0.255 e. The molecule has 0 aliphatic carbocycles. The number of nitrogens with one attached hydrogen (secondary N) is 1. The average Bonchev–Trinajstić information content (AvgIpc) is 2.48. The lowest BCUT2D eigenvalue weighted by Crippen LogP contribution is -1.93. The third-order valence-corrected chi connectivity index (χ3v) is 1.92. The Labute approximate surface area is 77.5 Å². The molecule has 0 atom stereocenters. The van der Waals surface area contributed by atoms with E-state index < -0.39 is 11.1 Å². The van der Waals surface area contributed by atoms with Crippen LogP contribution in [0.2, 0.25) is 0 Å². The van der Waals surface area contributed by atoms with Crippen molar-refractivity contribution in [2.24, 2.45) is 0 Å². The Hall–Kier alpha value is -1.42. The quantitative estimate of drug-likeness (QED) is 0.713. The fourth-order valence-corrected chi connectivity index (χ4v) is 1.25. The van der Waals surface area contributed by atoms with Gasteiger partial charge in [0.25, 0.3) is 5.24 Å². The first kappa shape index (κ1) is 8.19. The molecule has 1 aromatic heterocycles. The molecule has 0 amide bonds. The Morgan fingerprint density at radius 2 is 2.31 bits per heavy atom. The highest BCUT2D eigenvalue weighted by atomic mass is 35.5. The molecule has 0 unspecified atom stereocenters. The molecule has 5 heteroatoms. The van der Waals surface area contributed by atoms with E-state index in [1.807, 2.05) is 0 Å². The second kappa shape index (κ2) is 2.81. The standard InChI is InChI=1S/C8H4ClFN2O/c9-8(13)4-1-6-7(2-5(4)10)12-3-11-6/h1-3H,(H,11,12). The van der Waals surface area contributed by atoms with Crippen LogP contribution >= 0.6 is 11.6 Å². The number of aromatic amines is 1. The van der Waals surface area contributed by atoms with Gasteiger partial charge in [-0.1, -0.05) is 0 Å². The molecule has 0 aliphatic heterocycles. The fourth-order valence-electron chi connectivity index (χ4n) is 1.11. The van der Waals surface area contributed by atoms with E-state index in [1.165, 1.54) is 18.5 Å². The SMILES string of the molecule is O=C(Cl)c1cc2nc[nH]c2cc1F. The monoisotopic (exact) mass is 198 g/mol. The van der Waals surface area contributed by atoms with E-state index in [9.17, 15) is 9.18 Å². The molecule has 0 saturated heterocycles. The van der Waals surface area contributed by atoms with E-state index in [2.05, 4.69) is 9.97 Å². The Morgan fingerprint density at radius 3 is 3.00 bits per heavy atom. The van der Waals surface area contributed by atoms with Crippen molar-refractivity contribution < 1.29 is 9.18 Å². The molecule has 0 aliphatic rings. The number of halogens is 2. The largest absolute Gasteiger partial charge is 0.345 e. The molecule has 2 aromatic rings. The summed E-state index contributed by atoms with van der Waals surface area (Å²) in [4.78, 5) is 17.3. The second-order valence-corrected chi connectivity index (χ2v) is 2.87. The lowest BCUT2D eigenvalue weighted by Gasteiger charge is -1.95. The van der Waals surface area contributed by atoms with E-state index in [0.717, 1.165) is 0 Å². The van der Waals surface area contributed by atoms with Gasteiger partial charge in [-0.05, 0) is 17.7 Å². The van der Waals surface area contributed by atoms with Crippen LogP contribution in [0.3, 0.4) is 0 Å². The lowest BCUT2D eigenvalue weighted by molar-refractivity contribution is 0.107. The third-order valence-electron chi connectivity index (χ3n) is 1.72. The summed E-state index contributed by atoms with van der Waals surface area (Å²) in [6, 6.07) is 2.51. The van der Waals surface area contributed by atoms with Crippen LogP contribution in [-0.2, 0) is 0 Å². The highest BCUT2D eigenvalue weighted by molar-refractivity contribution is 6.67. The molecule has 3 nitrogen and oxygen atoms in total. The van der Waals surface area contributed by atoms with Crippen LogP contribution in [0.1, 0.15) is 10.4 Å². The van der Waals surface area contributed by atoms with Crippen molar-refractivity contribution in [1.29, 1.82) is 0 Å². The number of fused-ring (bicyclic) bond motifs is 1. The zero-order valence-electron chi connectivity index (χ0n) is 6.34. The first-order valence-electron chi connectivity index (χ1n) is 3.51. The maximum Gasteiger partial charge on any atom is 0.255 e. The lowest BCUT2D eigenvalue weighted by atomic mass is 10.2. The maximum absolute atomic E-state index is 13.1. The topological polar surface area (TPSA) is 45.8 Å². The van der Waals surface area contributed by atoms with Gasteiger partial charge in [-0.15, -0.1) is 0 Å². The van der Waals surface area contributed by atoms with Crippen molar-refractivity contribution in [2.45, 2.75) is 0 Å². The summed E-state index contributed by atoms with van der Waals surface area (Å²) in [5.74, 6) is -0.642. The molecule has 0 saturated carbocycles. The molecular weight excluding hydrogens is 195 g/mol. The molecule has 2 rings (SSSR count). The highest BCUT2D eigenvalue weighted by Gasteiger charge is 2.11. The minimum atomic E-state index is -0.817.